The monoisotopic (exact) mass is 214 g/mol. The summed E-state index contributed by atoms with van der Waals surface area (Å²) in [6, 6.07) is 5.86. The van der Waals surface area contributed by atoms with Crippen LogP contribution in [-0.2, 0) is 11.8 Å². The molecule has 68 valence electrons. The zero-order valence-electron chi connectivity index (χ0n) is 6.89. The van der Waals surface area contributed by atoms with Crippen LogP contribution in [0.2, 0.25) is 0 Å². The van der Waals surface area contributed by atoms with Crippen LogP contribution in [0, 0.1) is 0 Å². The molecule has 1 heterocycles. The van der Waals surface area contributed by atoms with Gasteiger partial charge in [-0.05, 0) is 11.6 Å². The van der Waals surface area contributed by atoms with E-state index in [4.69, 9.17) is 27.6 Å². The first-order valence-electron chi connectivity index (χ1n) is 3.96. The number of alkyl halides is 2. The van der Waals surface area contributed by atoms with Gasteiger partial charge in [-0.2, -0.15) is 0 Å². The molecule has 2 rings (SSSR count). The van der Waals surface area contributed by atoms with Crippen molar-refractivity contribution in [1.82, 2.24) is 0 Å². The van der Waals surface area contributed by atoms with Crippen molar-refractivity contribution in [2.24, 2.45) is 0 Å². The Morgan fingerprint density at radius 1 is 1.00 bits per heavy atom. The molecule has 1 aromatic heterocycles. The van der Waals surface area contributed by atoms with E-state index in [0.29, 0.717) is 11.8 Å². The minimum atomic E-state index is 0.465. The van der Waals surface area contributed by atoms with Gasteiger partial charge in [-0.3, -0.25) is 0 Å². The van der Waals surface area contributed by atoms with Gasteiger partial charge in [-0.15, -0.1) is 23.2 Å². The summed E-state index contributed by atoms with van der Waals surface area (Å²) in [5, 5.41) is 1.06. The highest BCUT2D eigenvalue weighted by molar-refractivity contribution is 6.19. The molecule has 0 radical (unpaired) electrons. The zero-order valence-corrected chi connectivity index (χ0v) is 8.40. The third-order valence-corrected chi connectivity index (χ3v) is 2.65. The second-order valence-corrected chi connectivity index (χ2v) is 3.35. The lowest BCUT2D eigenvalue weighted by molar-refractivity contribution is 0.613. The molecule has 0 aliphatic carbocycles. The van der Waals surface area contributed by atoms with Crippen LogP contribution in [-0.4, -0.2) is 0 Å². The van der Waals surface area contributed by atoms with E-state index < -0.39 is 0 Å². The lowest BCUT2D eigenvalue weighted by Crippen LogP contribution is -1.83. The smallest absolute Gasteiger partial charge is 0.138 e. The molecule has 0 aliphatic rings. The van der Waals surface area contributed by atoms with Crippen LogP contribution < -0.4 is 0 Å². The highest BCUT2D eigenvalue weighted by Crippen LogP contribution is 2.26. The second-order valence-electron chi connectivity index (χ2n) is 2.81. The van der Waals surface area contributed by atoms with Crippen molar-refractivity contribution in [1.29, 1.82) is 0 Å². The van der Waals surface area contributed by atoms with Crippen molar-refractivity contribution in [3.63, 3.8) is 0 Å². The molecule has 0 unspecified atom stereocenters. The number of furan rings is 1. The maximum atomic E-state index is 5.78. The van der Waals surface area contributed by atoms with Crippen LogP contribution in [0.15, 0.2) is 28.9 Å². The Morgan fingerprint density at radius 2 is 1.69 bits per heavy atom. The van der Waals surface area contributed by atoms with E-state index in [-0.39, 0.29) is 0 Å². The van der Waals surface area contributed by atoms with Gasteiger partial charge in [-0.25, -0.2) is 0 Å². The van der Waals surface area contributed by atoms with E-state index in [1.54, 1.807) is 6.26 Å². The molecule has 1 aromatic carbocycles. The average Bonchev–Trinajstić information content (AvgIpc) is 2.64. The Morgan fingerprint density at radius 3 is 2.38 bits per heavy atom. The molecule has 0 bridgehead atoms. The largest absolute Gasteiger partial charge is 0.464 e. The molecule has 13 heavy (non-hydrogen) atoms. The summed E-state index contributed by atoms with van der Waals surface area (Å²) in [7, 11) is 0. The molecule has 0 spiro atoms. The van der Waals surface area contributed by atoms with Crippen LogP contribution in [0.25, 0.3) is 11.0 Å². The van der Waals surface area contributed by atoms with E-state index in [1.165, 1.54) is 0 Å². The summed E-state index contributed by atoms with van der Waals surface area (Å²) in [5.41, 5.74) is 2.95. The minimum absolute atomic E-state index is 0.465. The summed E-state index contributed by atoms with van der Waals surface area (Å²) in [6.45, 7) is 0. The molecule has 0 N–H and O–H groups in total. The lowest BCUT2D eigenvalue weighted by atomic mass is 10.1. The number of fused-ring (bicyclic) bond motifs is 1. The summed E-state index contributed by atoms with van der Waals surface area (Å²) >= 11 is 11.5. The zero-order chi connectivity index (χ0) is 9.26. The van der Waals surface area contributed by atoms with E-state index in [1.807, 2.05) is 18.2 Å². The van der Waals surface area contributed by atoms with Gasteiger partial charge >= 0.3 is 0 Å². The first kappa shape index (κ1) is 8.92. The Balaban J connectivity index is 2.74. The number of rotatable bonds is 2. The lowest BCUT2D eigenvalue weighted by Gasteiger charge is -2.00. The SMILES string of the molecule is ClCc1ccc(CCl)c2occc12. The van der Waals surface area contributed by atoms with Crippen molar-refractivity contribution < 1.29 is 4.42 Å². The summed E-state index contributed by atoms with van der Waals surface area (Å²) in [6.07, 6.45) is 1.66. The van der Waals surface area contributed by atoms with Gasteiger partial charge in [0.25, 0.3) is 0 Å². The molecular weight excluding hydrogens is 207 g/mol. The van der Waals surface area contributed by atoms with Crippen LogP contribution in [0.3, 0.4) is 0 Å². The van der Waals surface area contributed by atoms with Crippen molar-refractivity contribution in [2.75, 3.05) is 0 Å². The number of hydrogen-bond acceptors (Lipinski definition) is 1. The fourth-order valence-electron chi connectivity index (χ4n) is 1.40. The van der Waals surface area contributed by atoms with E-state index >= 15 is 0 Å². The Kier molecular flexibility index (Phi) is 2.47. The van der Waals surface area contributed by atoms with Crippen LogP contribution in [0.1, 0.15) is 11.1 Å². The van der Waals surface area contributed by atoms with Gasteiger partial charge in [-0.1, -0.05) is 12.1 Å². The van der Waals surface area contributed by atoms with Crippen LogP contribution in [0.5, 0.6) is 0 Å². The maximum Gasteiger partial charge on any atom is 0.138 e. The normalized spacial score (nSPS) is 10.9. The second kappa shape index (κ2) is 3.60. The summed E-state index contributed by atoms with van der Waals surface area (Å²) in [4.78, 5) is 0. The molecule has 1 nitrogen and oxygen atoms in total. The quantitative estimate of drug-likeness (QED) is 0.692. The van der Waals surface area contributed by atoms with Gasteiger partial charge in [0.05, 0.1) is 12.1 Å². The van der Waals surface area contributed by atoms with Gasteiger partial charge in [0.15, 0.2) is 0 Å². The highest BCUT2D eigenvalue weighted by atomic mass is 35.5. The third kappa shape index (κ3) is 1.43. The predicted octanol–water partition coefficient (Wildman–Crippen LogP) is 3.91. The minimum Gasteiger partial charge on any atom is -0.464 e. The van der Waals surface area contributed by atoms with Crippen LogP contribution >= 0.6 is 23.2 Å². The van der Waals surface area contributed by atoms with Gasteiger partial charge in [0.1, 0.15) is 5.58 Å². The van der Waals surface area contributed by atoms with Gasteiger partial charge < -0.3 is 4.42 Å². The first-order chi connectivity index (χ1) is 6.36. The van der Waals surface area contributed by atoms with Crippen molar-refractivity contribution in [2.45, 2.75) is 11.8 Å². The molecule has 0 amide bonds. The fourth-order valence-corrected chi connectivity index (χ4v) is 1.84. The molecule has 0 atom stereocenters. The maximum absolute atomic E-state index is 5.78. The molecule has 0 saturated heterocycles. The third-order valence-electron chi connectivity index (χ3n) is 2.08. The molecule has 2 aromatic rings. The van der Waals surface area contributed by atoms with Gasteiger partial charge in [0.2, 0.25) is 0 Å². The van der Waals surface area contributed by atoms with E-state index in [0.717, 1.165) is 22.1 Å². The molecule has 0 fully saturated rings. The fraction of sp³-hybridized carbons (Fsp3) is 0.200. The summed E-state index contributed by atoms with van der Waals surface area (Å²) < 4.78 is 5.34. The molecule has 0 saturated carbocycles. The van der Waals surface area contributed by atoms with Crippen LogP contribution in [0.4, 0.5) is 0 Å². The van der Waals surface area contributed by atoms with Crippen molar-refractivity contribution in [3.8, 4) is 0 Å². The first-order valence-corrected chi connectivity index (χ1v) is 5.03. The number of halogens is 2. The number of hydrogen-bond donors (Lipinski definition) is 0. The summed E-state index contributed by atoms with van der Waals surface area (Å²) in [5.74, 6) is 0.963. The molecule has 0 aliphatic heterocycles. The van der Waals surface area contributed by atoms with Crippen molar-refractivity contribution >= 4 is 34.2 Å². The predicted molar refractivity (Wildman–Crippen MR) is 55.3 cm³/mol. The Labute approximate surface area is 86.2 Å². The van der Waals surface area contributed by atoms with Crippen molar-refractivity contribution in [3.05, 3.63) is 35.6 Å². The molecule has 3 heteroatoms. The molecular formula is C10H8Cl2O. The average molecular weight is 215 g/mol. The van der Waals surface area contributed by atoms with E-state index in [2.05, 4.69) is 0 Å². The Hall–Kier alpha value is -0.660. The topological polar surface area (TPSA) is 13.1 Å². The standard InChI is InChI=1S/C10H8Cl2O/c11-5-7-1-2-8(6-12)10-9(7)3-4-13-10/h1-4H,5-6H2. The highest BCUT2D eigenvalue weighted by Gasteiger charge is 2.06. The van der Waals surface area contributed by atoms with E-state index in [9.17, 15) is 0 Å². The number of benzene rings is 1. The Bertz CT molecular complexity index is 382. The van der Waals surface area contributed by atoms with Gasteiger partial charge in [0, 0.05) is 16.8 Å².